The molecule has 0 aliphatic carbocycles. The Kier molecular flexibility index (Phi) is 4.95. The van der Waals surface area contributed by atoms with Gasteiger partial charge in [-0.25, -0.2) is 18.7 Å². The molecule has 0 fully saturated rings. The van der Waals surface area contributed by atoms with Crippen molar-refractivity contribution in [1.29, 1.82) is 0 Å². The molecule has 0 saturated carbocycles. The van der Waals surface area contributed by atoms with Crippen molar-refractivity contribution in [3.63, 3.8) is 0 Å². The van der Waals surface area contributed by atoms with Crippen LogP contribution in [-0.4, -0.2) is 28.3 Å². The summed E-state index contributed by atoms with van der Waals surface area (Å²) in [5.74, 6) is -3.65. The summed E-state index contributed by atoms with van der Waals surface area (Å²) in [5.41, 5.74) is 5.24. The van der Waals surface area contributed by atoms with Gasteiger partial charge in [0.15, 0.2) is 23.0 Å². The minimum Gasteiger partial charge on any atom is -0.364 e. The quantitative estimate of drug-likeness (QED) is 0.869. The maximum atomic E-state index is 13.2. The van der Waals surface area contributed by atoms with Crippen molar-refractivity contribution in [1.82, 2.24) is 15.3 Å². The number of amides is 2. The number of primary amides is 1. The summed E-state index contributed by atoms with van der Waals surface area (Å²) in [7, 11) is 0. The number of aromatic nitrogens is 2. The molecule has 0 spiro atoms. The fourth-order valence-corrected chi connectivity index (χ4v) is 1.95. The van der Waals surface area contributed by atoms with Gasteiger partial charge >= 0.3 is 0 Å². The molecule has 0 radical (unpaired) electrons. The van der Waals surface area contributed by atoms with Crippen LogP contribution < -0.4 is 11.1 Å². The zero-order chi connectivity index (χ0) is 17.0. The SMILES string of the molecule is C[C@@H](CNC(=O)c1nccnc1C(N)=O)c1ccc(F)c(F)c1. The van der Waals surface area contributed by atoms with E-state index in [4.69, 9.17) is 5.73 Å². The van der Waals surface area contributed by atoms with E-state index in [0.717, 1.165) is 12.1 Å². The number of benzene rings is 1. The highest BCUT2D eigenvalue weighted by molar-refractivity contribution is 6.03. The topological polar surface area (TPSA) is 98.0 Å². The molecular weight excluding hydrogens is 306 g/mol. The Bertz CT molecular complexity index is 752. The average Bonchev–Trinajstić information content (AvgIpc) is 2.54. The van der Waals surface area contributed by atoms with E-state index >= 15 is 0 Å². The Morgan fingerprint density at radius 1 is 1.17 bits per heavy atom. The van der Waals surface area contributed by atoms with Gasteiger partial charge in [0.05, 0.1) is 0 Å². The number of nitrogens with zero attached hydrogens (tertiary/aromatic N) is 2. The zero-order valence-corrected chi connectivity index (χ0v) is 12.2. The van der Waals surface area contributed by atoms with Gasteiger partial charge in [-0.3, -0.25) is 9.59 Å². The summed E-state index contributed by atoms with van der Waals surface area (Å²) in [4.78, 5) is 30.8. The van der Waals surface area contributed by atoms with Gasteiger partial charge < -0.3 is 11.1 Å². The molecule has 0 aliphatic rings. The van der Waals surface area contributed by atoms with Gasteiger partial charge in [0, 0.05) is 18.9 Å². The Balaban J connectivity index is 2.07. The molecule has 6 nitrogen and oxygen atoms in total. The van der Waals surface area contributed by atoms with Crippen LogP contribution in [0.25, 0.3) is 0 Å². The number of rotatable bonds is 5. The number of nitrogens with two attached hydrogens (primary N) is 1. The lowest BCUT2D eigenvalue weighted by molar-refractivity contribution is 0.0927. The Hall–Kier alpha value is -2.90. The first-order chi connectivity index (χ1) is 10.9. The molecule has 3 N–H and O–H groups in total. The van der Waals surface area contributed by atoms with Crippen molar-refractivity contribution >= 4 is 11.8 Å². The summed E-state index contributed by atoms with van der Waals surface area (Å²) < 4.78 is 26.1. The van der Waals surface area contributed by atoms with E-state index in [1.165, 1.54) is 18.5 Å². The highest BCUT2D eigenvalue weighted by atomic mass is 19.2. The van der Waals surface area contributed by atoms with Crippen molar-refractivity contribution in [3.8, 4) is 0 Å². The largest absolute Gasteiger partial charge is 0.364 e. The van der Waals surface area contributed by atoms with Crippen LogP contribution >= 0.6 is 0 Å². The average molecular weight is 320 g/mol. The van der Waals surface area contributed by atoms with E-state index in [-0.39, 0.29) is 23.9 Å². The van der Waals surface area contributed by atoms with E-state index in [2.05, 4.69) is 15.3 Å². The minimum absolute atomic E-state index is 0.138. The molecule has 2 aromatic rings. The van der Waals surface area contributed by atoms with Crippen molar-refractivity contribution in [3.05, 3.63) is 59.2 Å². The fraction of sp³-hybridized carbons (Fsp3) is 0.200. The van der Waals surface area contributed by atoms with Gasteiger partial charge in [0.25, 0.3) is 11.8 Å². The van der Waals surface area contributed by atoms with E-state index in [1.54, 1.807) is 6.92 Å². The maximum Gasteiger partial charge on any atom is 0.272 e. The Morgan fingerprint density at radius 2 is 1.83 bits per heavy atom. The zero-order valence-electron chi connectivity index (χ0n) is 12.2. The van der Waals surface area contributed by atoms with Crippen LogP contribution in [0.5, 0.6) is 0 Å². The van der Waals surface area contributed by atoms with E-state index in [9.17, 15) is 18.4 Å². The van der Waals surface area contributed by atoms with Gasteiger partial charge in [-0.2, -0.15) is 0 Å². The normalized spacial score (nSPS) is 11.8. The second-order valence-corrected chi connectivity index (χ2v) is 4.90. The third-order valence-electron chi connectivity index (χ3n) is 3.23. The van der Waals surface area contributed by atoms with Crippen molar-refractivity contribution in [2.75, 3.05) is 6.54 Å². The van der Waals surface area contributed by atoms with E-state index < -0.39 is 23.4 Å². The molecule has 0 saturated heterocycles. The molecule has 1 aromatic carbocycles. The second kappa shape index (κ2) is 6.91. The van der Waals surface area contributed by atoms with Crippen molar-refractivity contribution < 1.29 is 18.4 Å². The van der Waals surface area contributed by atoms with Crippen LogP contribution in [0.1, 0.15) is 39.4 Å². The molecule has 120 valence electrons. The van der Waals surface area contributed by atoms with Crippen LogP contribution in [0.2, 0.25) is 0 Å². The summed E-state index contributed by atoms with van der Waals surface area (Å²) >= 11 is 0. The minimum atomic E-state index is -0.953. The molecule has 0 aliphatic heterocycles. The second-order valence-electron chi connectivity index (χ2n) is 4.90. The third-order valence-corrected chi connectivity index (χ3v) is 3.23. The first-order valence-electron chi connectivity index (χ1n) is 6.74. The summed E-state index contributed by atoms with van der Waals surface area (Å²) in [5, 5.41) is 2.56. The predicted octanol–water partition coefficient (Wildman–Crippen LogP) is 1.39. The summed E-state index contributed by atoms with van der Waals surface area (Å²) in [6, 6.07) is 3.53. The number of nitrogens with one attached hydrogen (secondary N) is 1. The van der Waals surface area contributed by atoms with Crippen LogP contribution in [0.3, 0.4) is 0 Å². The summed E-state index contributed by atoms with van der Waals surface area (Å²) in [6.07, 6.45) is 2.51. The molecule has 2 amide bonds. The number of hydrogen-bond acceptors (Lipinski definition) is 4. The first kappa shape index (κ1) is 16.5. The van der Waals surface area contributed by atoms with Gasteiger partial charge in [-0.1, -0.05) is 13.0 Å². The standard InChI is InChI=1S/C15H14F2N4O2/c1-8(9-2-3-10(16)11(17)6-9)7-21-15(23)13-12(14(18)22)19-4-5-20-13/h2-6,8H,7H2,1H3,(H2,18,22)(H,21,23)/t8-/m0/s1. The van der Waals surface area contributed by atoms with Crippen molar-refractivity contribution in [2.24, 2.45) is 5.73 Å². The lowest BCUT2D eigenvalue weighted by atomic mass is 10.0. The molecule has 0 unspecified atom stereocenters. The maximum absolute atomic E-state index is 13.2. The fourth-order valence-electron chi connectivity index (χ4n) is 1.95. The summed E-state index contributed by atoms with van der Waals surface area (Å²) in [6.45, 7) is 1.87. The Labute approximate surface area is 130 Å². The number of carbonyl (C=O) groups excluding carboxylic acids is 2. The van der Waals surface area contributed by atoms with Crippen molar-refractivity contribution in [2.45, 2.75) is 12.8 Å². The smallest absolute Gasteiger partial charge is 0.272 e. The van der Waals surface area contributed by atoms with Gasteiger partial charge in [-0.15, -0.1) is 0 Å². The number of carbonyl (C=O) groups is 2. The molecule has 0 bridgehead atoms. The molecular formula is C15H14F2N4O2. The van der Waals surface area contributed by atoms with Gasteiger partial charge in [0.1, 0.15) is 0 Å². The monoisotopic (exact) mass is 320 g/mol. The number of hydrogen-bond donors (Lipinski definition) is 2. The van der Waals surface area contributed by atoms with Gasteiger partial charge in [0.2, 0.25) is 0 Å². The van der Waals surface area contributed by atoms with Crippen LogP contribution in [-0.2, 0) is 0 Å². The predicted molar refractivity (Wildman–Crippen MR) is 77.7 cm³/mol. The molecule has 1 aromatic heterocycles. The number of halogens is 2. The third kappa shape index (κ3) is 3.85. The molecule has 8 heteroatoms. The first-order valence-corrected chi connectivity index (χ1v) is 6.74. The molecule has 2 rings (SSSR count). The van der Waals surface area contributed by atoms with Gasteiger partial charge in [-0.05, 0) is 23.6 Å². The van der Waals surface area contributed by atoms with E-state index in [0.29, 0.717) is 5.56 Å². The lowest BCUT2D eigenvalue weighted by Gasteiger charge is -2.13. The Morgan fingerprint density at radius 3 is 2.43 bits per heavy atom. The lowest BCUT2D eigenvalue weighted by Crippen LogP contribution is -2.31. The highest BCUT2D eigenvalue weighted by Crippen LogP contribution is 2.17. The molecule has 1 heterocycles. The molecule has 23 heavy (non-hydrogen) atoms. The van der Waals surface area contributed by atoms with Crippen LogP contribution in [0.4, 0.5) is 8.78 Å². The van der Waals surface area contributed by atoms with Crippen LogP contribution in [0, 0.1) is 11.6 Å². The highest BCUT2D eigenvalue weighted by Gasteiger charge is 2.18. The molecule has 1 atom stereocenters. The van der Waals surface area contributed by atoms with E-state index in [1.807, 2.05) is 0 Å². The van der Waals surface area contributed by atoms with Crippen LogP contribution in [0.15, 0.2) is 30.6 Å².